The molecule has 2 aromatic rings. The highest BCUT2D eigenvalue weighted by atomic mass is 35.7. The third-order valence-corrected chi connectivity index (χ3v) is 7.39. The molecule has 0 saturated heterocycles. The topological polar surface area (TPSA) is 84.9 Å². The molecule has 1 unspecified atom stereocenters. The number of nitrogens with zero attached hydrogens (tertiary/aromatic N) is 2. The maximum absolute atomic E-state index is 11.2. The minimum absolute atomic E-state index is 0.478. The van der Waals surface area contributed by atoms with Crippen LogP contribution in [0.5, 0.6) is 0 Å². The van der Waals surface area contributed by atoms with E-state index in [1.54, 1.807) is 11.8 Å². The van der Waals surface area contributed by atoms with Gasteiger partial charge >= 0.3 is 0 Å². The minimum atomic E-state index is -4.48. The van der Waals surface area contributed by atoms with E-state index in [2.05, 4.69) is 17.0 Å². The molecule has 1 atom stereocenters. The van der Waals surface area contributed by atoms with E-state index in [0.717, 1.165) is 35.8 Å². The van der Waals surface area contributed by atoms with Gasteiger partial charge in [-0.2, -0.15) is 14.0 Å². The molecular formula is C19H21ClN2O4S2. The van der Waals surface area contributed by atoms with Crippen LogP contribution in [0.15, 0.2) is 58.3 Å². The van der Waals surface area contributed by atoms with Crippen LogP contribution < -0.4 is 23.8 Å². The Balaban J connectivity index is 1.35. The van der Waals surface area contributed by atoms with Crippen molar-refractivity contribution < 1.29 is 28.5 Å². The molecule has 0 bridgehead atoms. The molecule has 0 fully saturated rings. The van der Waals surface area contributed by atoms with Crippen molar-refractivity contribution in [3.05, 3.63) is 48.5 Å². The van der Waals surface area contributed by atoms with Gasteiger partial charge in [0.15, 0.2) is 0 Å². The largest absolute Gasteiger partial charge is 0.361 e. The van der Waals surface area contributed by atoms with Crippen molar-refractivity contribution in [3.8, 4) is 0 Å². The molecule has 0 aromatic heterocycles. The third-order valence-electron chi connectivity index (χ3n) is 4.80. The van der Waals surface area contributed by atoms with Crippen molar-refractivity contribution in [2.45, 2.75) is 35.3 Å². The second-order valence-electron chi connectivity index (χ2n) is 6.63. The molecule has 150 valence electrons. The van der Waals surface area contributed by atoms with Crippen molar-refractivity contribution in [1.82, 2.24) is 0 Å². The number of fused-ring (bicyclic) bond motifs is 2. The number of benzene rings is 2. The Morgan fingerprint density at radius 2 is 1.54 bits per heavy atom. The van der Waals surface area contributed by atoms with Crippen molar-refractivity contribution in [3.63, 3.8) is 0 Å². The lowest BCUT2D eigenvalue weighted by atomic mass is 10.2. The summed E-state index contributed by atoms with van der Waals surface area (Å²) in [6.07, 6.45) is 1.36. The fourth-order valence-electron chi connectivity index (χ4n) is 3.50. The van der Waals surface area contributed by atoms with E-state index in [1.807, 2.05) is 53.1 Å². The molecule has 2 aliphatic rings. The highest BCUT2D eigenvalue weighted by Gasteiger charge is 2.37. The molecule has 0 radical (unpaired) electrons. The Morgan fingerprint density at radius 1 is 0.893 bits per heavy atom. The molecule has 4 rings (SSSR count). The van der Waals surface area contributed by atoms with Crippen LogP contribution in [-0.2, 0) is 4.29 Å². The predicted octanol–water partition coefficient (Wildman–Crippen LogP) is 1.54. The van der Waals surface area contributed by atoms with Crippen molar-refractivity contribution in [2.75, 3.05) is 28.1 Å². The van der Waals surface area contributed by atoms with E-state index in [4.69, 9.17) is 4.29 Å². The van der Waals surface area contributed by atoms with Gasteiger partial charge in [0.25, 0.3) is 6.23 Å². The third kappa shape index (κ3) is 4.71. The van der Waals surface area contributed by atoms with Crippen LogP contribution in [0.3, 0.4) is 0 Å². The van der Waals surface area contributed by atoms with Gasteiger partial charge < -0.3 is 9.80 Å². The minimum Gasteiger partial charge on any atom is -0.361 e. The average molecular weight is 441 g/mol. The Labute approximate surface area is 175 Å². The van der Waals surface area contributed by atoms with Gasteiger partial charge in [0.1, 0.15) is 0 Å². The summed E-state index contributed by atoms with van der Waals surface area (Å²) in [7, 11) is -4.48. The fourth-order valence-corrected chi connectivity index (χ4v) is 6.11. The lowest BCUT2D eigenvalue weighted by molar-refractivity contribution is -1.92. The number of unbranched alkanes of at least 4 members (excludes halogenated alkanes) is 1. The Kier molecular flexibility index (Phi) is 6.27. The van der Waals surface area contributed by atoms with Crippen LogP contribution in [0.1, 0.15) is 19.3 Å². The Hall–Kier alpha value is -1.13. The molecule has 0 spiro atoms. The number of anilines is 2. The van der Waals surface area contributed by atoms with Crippen LogP contribution >= 0.6 is 23.5 Å². The predicted molar refractivity (Wildman–Crippen MR) is 103 cm³/mol. The molecule has 0 N–H and O–H groups in total. The van der Waals surface area contributed by atoms with Crippen molar-refractivity contribution in [1.29, 1.82) is 0 Å². The molecule has 2 aliphatic heterocycles. The van der Waals surface area contributed by atoms with Gasteiger partial charge in [-0.3, -0.25) is 0 Å². The van der Waals surface area contributed by atoms with E-state index in [9.17, 15) is 14.0 Å². The standard InChI is InChI=1S/C19H21ClN2O4S2/c23-20(24,25)26-19(22-14-28-18-10-4-2-8-16(18)22)11-5-6-12-21-13-27-17-9-3-1-7-15(17)21/h1-4,7-10,19H,5-6,11-14H2. The zero-order valence-corrected chi connectivity index (χ0v) is 17.5. The van der Waals surface area contributed by atoms with Crippen LogP contribution in [0.2, 0.25) is 0 Å². The van der Waals surface area contributed by atoms with Gasteiger partial charge in [0, 0.05) is 22.8 Å². The number of rotatable bonds is 8. The highest BCUT2D eigenvalue weighted by Crippen LogP contribution is 2.41. The zero-order valence-electron chi connectivity index (χ0n) is 15.2. The summed E-state index contributed by atoms with van der Waals surface area (Å²) in [5.74, 6) is 1.51. The summed E-state index contributed by atoms with van der Waals surface area (Å²) in [6, 6.07) is 16.1. The lowest BCUT2D eigenvalue weighted by Crippen LogP contribution is -2.63. The van der Waals surface area contributed by atoms with Crippen LogP contribution in [0.25, 0.3) is 0 Å². The number of hydrogen-bond donors (Lipinski definition) is 0. The monoisotopic (exact) mass is 440 g/mol. The van der Waals surface area contributed by atoms with Gasteiger partial charge in [0.2, 0.25) is 0 Å². The summed E-state index contributed by atoms with van der Waals surface area (Å²) >= 11 is 3.45. The maximum Gasteiger partial charge on any atom is 0.287 e. The van der Waals surface area contributed by atoms with Crippen LogP contribution in [-0.4, -0.2) is 24.5 Å². The molecule has 0 amide bonds. The van der Waals surface area contributed by atoms with Gasteiger partial charge in [0.05, 0.1) is 37.7 Å². The number of thioether (sulfide) groups is 2. The molecule has 2 aromatic carbocycles. The van der Waals surface area contributed by atoms with E-state index in [1.165, 1.54) is 10.6 Å². The van der Waals surface area contributed by atoms with Crippen LogP contribution in [0, 0.1) is 10.2 Å². The summed E-state index contributed by atoms with van der Waals surface area (Å²) in [5.41, 5.74) is 2.17. The number of halogens is 1. The van der Waals surface area contributed by atoms with E-state index >= 15 is 0 Å². The zero-order chi connectivity index (χ0) is 19.6. The summed E-state index contributed by atoms with van der Waals surface area (Å²) in [6.45, 7) is 0.893. The SMILES string of the molecule is [O-][Cl+3]([O-])([O-])OC(CCCCN1CSc2ccccc21)N1CSc2ccccc21. The first-order chi connectivity index (χ1) is 13.5. The molecule has 0 aliphatic carbocycles. The molecule has 9 heteroatoms. The molecule has 2 heterocycles. The molecule has 0 saturated carbocycles. The molecule has 28 heavy (non-hydrogen) atoms. The van der Waals surface area contributed by atoms with Gasteiger partial charge in [-0.25, -0.2) is 0 Å². The summed E-state index contributed by atoms with van der Waals surface area (Å²) in [5, 5.41) is 0. The van der Waals surface area contributed by atoms with Gasteiger partial charge in [-0.15, -0.1) is 23.5 Å². The maximum atomic E-state index is 11.2. The average Bonchev–Trinajstić information content (AvgIpc) is 3.28. The van der Waals surface area contributed by atoms with Gasteiger partial charge in [-0.05, 0) is 37.1 Å². The lowest BCUT2D eigenvalue weighted by Gasteiger charge is -2.27. The van der Waals surface area contributed by atoms with Crippen LogP contribution in [0.4, 0.5) is 11.4 Å². The van der Waals surface area contributed by atoms with Crippen molar-refractivity contribution >= 4 is 34.9 Å². The quantitative estimate of drug-likeness (QED) is 0.571. The smallest absolute Gasteiger partial charge is 0.287 e. The second kappa shape index (κ2) is 8.71. The first-order valence-corrected chi connectivity index (χ1v) is 12.3. The summed E-state index contributed by atoms with van der Waals surface area (Å²) < 4.78 is 38.6. The number of para-hydroxylation sites is 2. The summed E-state index contributed by atoms with van der Waals surface area (Å²) in [4.78, 5) is 6.57. The first-order valence-electron chi connectivity index (χ1n) is 9.06. The van der Waals surface area contributed by atoms with Gasteiger partial charge in [-0.1, -0.05) is 24.3 Å². The fraction of sp³-hybridized carbons (Fsp3) is 0.368. The molecule has 6 nitrogen and oxygen atoms in total. The van der Waals surface area contributed by atoms with E-state index in [-0.39, 0.29) is 0 Å². The van der Waals surface area contributed by atoms with Crippen molar-refractivity contribution in [2.24, 2.45) is 0 Å². The van der Waals surface area contributed by atoms with E-state index < -0.39 is 16.5 Å². The number of hydrogen-bond acceptors (Lipinski definition) is 8. The Bertz CT molecular complexity index is 821. The first kappa shape index (κ1) is 20.2. The molecular weight excluding hydrogens is 420 g/mol. The van der Waals surface area contributed by atoms with E-state index in [0.29, 0.717) is 12.3 Å². The normalized spacial score (nSPS) is 17.0. The highest BCUT2D eigenvalue weighted by molar-refractivity contribution is 8.00. The Morgan fingerprint density at radius 3 is 2.29 bits per heavy atom. The second-order valence-corrected chi connectivity index (χ2v) is 9.54.